The van der Waals surface area contributed by atoms with Crippen LogP contribution in [0.3, 0.4) is 0 Å². The minimum atomic E-state index is 0.540. The lowest BCUT2D eigenvalue weighted by atomic mass is 9.83. The van der Waals surface area contributed by atoms with Crippen LogP contribution >= 0.6 is 11.3 Å². The molecular weight excluding hydrogens is 276 g/mol. The molecule has 0 bridgehead atoms. The first-order valence-corrected chi connectivity index (χ1v) is 9.49. The van der Waals surface area contributed by atoms with Gasteiger partial charge < -0.3 is 5.32 Å². The Morgan fingerprint density at radius 1 is 1.14 bits per heavy atom. The summed E-state index contributed by atoms with van der Waals surface area (Å²) in [6, 6.07) is 0.540. The third-order valence-corrected chi connectivity index (χ3v) is 5.69. The smallest absolute Gasteiger partial charge is 0.0962 e. The molecule has 1 heterocycles. The van der Waals surface area contributed by atoms with E-state index < -0.39 is 0 Å². The first-order chi connectivity index (χ1) is 9.95. The summed E-state index contributed by atoms with van der Waals surface area (Å²) in [5, 5.41) is 4.98. The number of nitrogens with one attached hydrogen (secondary N) is 1. The van der Waals surface area contributed by atoms with Gasteiger partial charge >= 0.3 is 0 Å². The summed E-state index contributed by atoms with van der Waals surface area (Å²) in [5.74, 6) is 2.33. The molecule has 1 aromatic heterocycles. The van der Waals surface area contributed by atoms with Gasteiger partial charge in [-0.15, -0.1) is 11.3 Å². The van der Waals surface area contributed by atoms with Crippen LogP contribution in [0, 0.1) is 11.8 Å². The molecule has 0 aliphatic heterocycles. The molecule has 120 valence electrons. The van der Waals surface area contributed by atoms with Crippen molar-refractivity contribution in [2.24, 2.45) is 11.8 Å². The molecule has 0 unspecified atom stereocenters. The van der Waals surface area contributed by atoms with E-state index in [1.165, 1.54) is 41.3 Å². The summed E-state index contributed by atoms with van der Waals surface area (Å²) in [5.41, 5.74) is 1.36. The first kappa shape index (κ1) is 17.0. The van der Waals surface area contributed by atoms with Crippen molar-refractivity contribution < 1.29 is 0 Å². The van der Waals surface area contributed by atoms with Crippen LogP contribution in [0.1, 0.15) is 81.8 Å². The molecule has 0 aromatic carbocycles. The molecule has 0 spiro atoms. The normalized spacial score (nSPS) is 23.2. The van der Waals surface area contributed by atoms with E-state index in [1.807, 2.05) is 11.3 Å². The van der Waals surface area contributed by atoms with Crippen LogP contribution in [-0.2, 0) is 13.0 Å². The van der Waals surface area contributed by atoms with Gasteiger partial charge in [0.1, 0.15) is 0 Å². The van der Waals surface area contributed by atoms with Gasteiger partial charge in [-0.1, -0.05) is 47.5 Å². The second-order valence-corrected chi connectivity index (χ2v) is 8.63. The molecule has 1 fully saturated rings. The van der Waals surface area contributed by atoms with Crippen LogP contribution in [0.4, 0.5) is 0 Å². The summed E-state index contributed by atoms with van der Waals surface area (Å²) < 4.78 is 0. The average molecular weight is 309 g/mol. The molecule has 0 amide bonds. The number of hydrogen-bond acceptors (Lipinski definition) is 3. The van der Waals surface area contributed by atoms with Crippen molar-refractivity contribution in [3.8, 4) is 0 Å². The zero-order chi connectivity index (χ0) is 15.4. The van der Waals surface area contributed by atoms with Crippen LogP contribution in [0.2, 0.25) is 0 Å². The quantitative estimate of drug-likeness (QED) is 0.787. The minimum absolute atomic E-state index is 0.540. The number of thiazole rings is 1. The van der Waals surface area contributed by atoms with Crippen molar-refractivity contribution in [3.05, 3.63) is 15.6 Å². The maximum absolute atomic E-state index is 5.06. The highest BCUT2D eigenvalue weighted by molar-refractivity contribution is 7.11. The molecule has 0 radical (unpaired) electrons. The fourth-order valence-corrected chi connectivity index (χ4v) is 4.28. The van der Waals surface area contributed by atoms with Crippen molar-refractivity contribution in [1.29, 1.82) is 0 Å². The zero-order valence-electron chi connectivity index (χ0n) is 14.4. The second kappa shape index (κ2) is 7.73. The Morgan fingerprint density at radius 2 is 1.81 bits per heavy atom. The standard InChI is InChI=1S/C18H32N2S/c1-12(2)10-16-17(11-19-13(3)4)21-18(20-16)15-8-6-14(5)7-9-15/h12-15,19H,6-11H2,1-5H3. The molecule has 0 saturated heterocycles. The molecule has 0 atom stereocenters. The highest BCUT2D eigenvalue weighted by Crippen LogP contribution is 2.38. The Kier molecular flexibility index (Phi) is 6.24. The van der Waals surface area contributed by atoms with Gasteiger partial charge in [-0.25, -0.2) is 4.98 Å². The molecule has 2 nitrogen and oxygen atoms in total. The molecule has 3 heteroatoms. The maximum Gasteiger partial charge on any atom is 0.0962 e. The van der Waals surface area contributed by atoms with Crippen molar-refractivity contribution in [2.75, 3.05) is 0 Å². The number of nitrogens with zero attached hydrogens (tertiary/aromatic N) is 1. The fraction of sp³-hybridized carbons (Fsp3) is 0.833. The molecule has 1 aromatic rings. The second-order valence-electron chi connectivity index (χ2n) is 7.51. The lowest BCUT2D eigenvalue weighted by molar-refractivity contribution is 0.347. The predicted molar refractivity (Wildman–Crippen MR) is 93.0 cm³/mol. The van der Waals surface area contributed by atoms with E-state index in [9.17, 15) is 0 Å². The third kappa shape index (κ3) is 5.07. The van der Waals surface area contributed by atoms with Crippen molar-refractivity contribution >= 4 is 11.3 Å². The summed E-state index contributed by atoms with van der Waals surface area (Å²) in [6.45, 7) is 12.4. The van der Waals surface area contributed by atoms with Gasteiger partial charge in [0.05, 0.1) is 10.7 Å². The third-order valence-electron chi connectivity index (χ3n) is 4.43. The number of aromatic nitrogens is 1. The van der Waals surface area contributed by atoms with E-state index in [2.05, 4.69) is 39.9 Å². The lowest BCUT2D eigenvalue weighted by Gasteiger charge is -2.24. The Bertz CT molecular complexity index is 428. The summed E-state index contributed by atoms with van der Waals surface area (Å²) >= 11 is 1.98. The molecule has 1 N–H and O–H groups in total. The van der Waals surface area contributed by atoms with Crippen molar-refractivity contribution in [1.82, 2.24) is 10.3 Å². The van der Waals surface area contributed by atoms with Gasteiger partial charge in [0.25, 0.3) is 0 Å². The zero-order valence-corrected chi connectivity index (χ0v) is 15.2. The molecule has 1 aliphatic rings. The van der Waals surface area contributed by atoms with Gasteiger partial charge in [0.2, 0.25) is 0 Å². The molecule has 2 rings (SSSR count). The van der Waals surface area contributed by atoms with Crippen LogP contribution in [0.15, 0.2) is 0 Å². The van der Waals surface area contributed by atoms with Gasteiger partial charge in [-0.2, -0.15) is 0 Å². The van der Waals surface area contributed by atoms with Crippen molar-refractivity contribution in [3.63, 3.8) is 0 Å². The van der Waals surface area contributed by atoms with Crippen LogP contribution in [0.25, 0.3) is 0 Å². The van der Waals surface area contributed by atoms with Gasteiger partial charge in [-0.05, 0) is 31.1 Å². The number of rotatable bonds is 6. The monoisotopic (exact) mass is 308 g/mol. The summed E-state index contributed by atoms with van der Waals surface area (Å²) in [6.07, 6.45) is 6.56. The van der Waals surface area contributed by atoms with E-state index in [0.29, 0.717) is 12.0 Å². The van der Waals surface area contributed by atoms with Gasteiger partial charge in [0.15, 0.2) is 0 Å². The Morgan fingerprint density at radius 3 is 2.38 bits per heavy atom. The fourth-order valence-electron chi connectivity index (χ4n) is 3.07. The SMILES string of the molecule is CC(C)Cc1nc(C2CCC(C)CC2)sc1CNC(C)C. The lowest BCUT2D eigenvalue weighted by Crippen LogP contribution is -2.22. The van der Waals surface area contributed by atoms with Gasteiger partial charge in [0, 0.05) is 23.4 Å². The van der Waals surface area contributed by atoms with E-state index in [4.69, 9.17) is 4.98 Å². The Hall–Kier alpha value is -0.410. The van der Waals surface area contributed by atoms with E-state index >= 15 is 0 Å². The Labute approximate surface area is 134 Å². The molecule has 1 aliphatic carbocycles. The molecular formula is C18H32N2S. The van der Waals surface area contributed by atoms with E-state index in [0.717, 1.165) is 24.8 Å². The van der Waals surface area contributed by atoms with Crippen LogP contribution in [-0.4, -0.2) is 11.0 Å². The Balaban J connectivity index is 2.10. The summed E-state index contributed by atoms with van der Waals surface area (Å²) in [7, 11) is 0. The predicted octanol–water partition coefficient (Wildman–Crippen LogP) is 5.13. The van der Waals surface area contributed by atoms with Crippen LogP contribution < -0.4 is 5.32 Å². The minimum Gasteiger partial charge on any atom is -0.310 e. The number of hydrogen-bond donors (Lipinski definition) is 1. The summed E-state index contributed by atoms with van der Waals surface area (Å²) in [4.78, 5) is 6.53. The van der Waals surface area contributed by atoms with E-state index in [-0.39, 0.29) is 0 Å². The largest absolute Gasteiger partial charge is 0.310 e. The maximum atomic E-state index is 5.06. The first-order valence-electron chi connectivity index (χ1n) is 8.67. The molecule has 1 saturated carbocycles. The molecule has 21 heavy (non-hydrogen) atoms. The topological polar surface area (TPSA) is 24.9 Å². The van der Waals surface area contributed by atoms with Crippen molar-refractivity contribution in [2.45, 2.75) is 85.2 Å². The average Bonchev–Trinajstić information content (AvgIpc) is 2.79. The van der Waals surface area contributed by atoms with Crippen LogP contribution in [0.5, 0.6) is 0 Å². The highest BCUT2D eigenvalue weighted by Gasteiger charge is 2.24. The van der Waals surface area contributed by atoms with Gasteiger partial charge in [-0.3, -0.25) is 0 Å². The highest BCUT2D eigenvalue weighted by atomic mass is 32.1. The van der Waals surface area contributed by atoms with E-state index in [1.54, 1.807) is 0 Å².